The number of nitrogens with zero attached hydrogens (tertiary/aromatic N) is 1. The number of nitrogens with one attached hydrogen (secondary N) is 4. The molecule has 8 nitrogen and oxygen atoms in total. The Morgan fingerprint density at radius 3 is 2.53 bits per heavy atom. The smallest absolute Gasteiger partial charge is 0.378 e. The molecule has 0 radical (unpaired) electrons. The van der Waals surface area contributed by atoms with Crippen LogP contribution >= 0.6 is 0 Å². The molecule has 11 heteroatoms. The fraction of sp³-hybridized carbons (Fsp3) is 0.571. The lowest BCUT2D eigenvalue weighted by molar-refractivity contribution is -0.117. The van der Waals surface area contributed by atoms with Gasteiger partial charge in [-0.3, -0.25) is 10.2 Å². The lowest BCUT2D eigenvalue weighted by Gasteiger charge is -2.31. The van der Waals surface area contributed by atoms with Crippen molar-refractivity contribution in [1.29, 1.82) is 5.41 Å². The van der Waals surface area contributed by atoms with E-state index in [-0.39, 0.29) is 25.2 Å². The number of urea groups is 1. The van der Waals surface area contributed by atoms with Gasteiger partial charge in [0.05, 0.1) is 11.7 Å². The van der Waals surface area contributed by atoms with E-state index in [0.29, 0.717) is 31.8 Å². The van der Waals surface area contributed by atoms with Crippen molar-refractivity contribution < 1.29 is 27.5 Å². The first-order valence-corrected chi connectivity index (χ1v) is 10.6. The van der Waals surface area contributed by atoms with E-state index < -0.39 is 23.4 Å². The van der Waals surface area contributed by atoms with Crippen molar-refractivity contribution in [2.24, 2.45) is 0 Å². The summed E-state index contributed by atoms with van der Waals surface area (Å²) >= 11 is 0. The number of halogens is 3. The number of rotatable bonds is 9. The average molecular weight is 457 g/mol. The van der Waals surface area contributed by atoms with Crippen LogP contribution in [0.15, 0.2) is 35.7 Å². The Hall–Kier alpha value is -2.82. The molecule has 0 aromatic rings. The summed E-state index contributed by atoms with van der Waals surface area (Å²) < 4.78 is 44.6. The highest BCUT2D eigenvalue weighted by Gasteiger charge is 2.39. The molecule has 0 saturated carbocycles. The molecule has 0 spiro atoms. The van der Waals surface area contributed by atoms with Crippen molar-refractivity contribution >= 4 is 17.6 Å². The molecule has 1 aliphatic carbocycles. The first-order chi connectivity index (χ1) is 15.2. The zero-order valence-corrected chi connectivity index (χ0v) is 18.1. The molecule has 0 aromatic carbocycles. The van der Waals surface area contributed by atoms with E-state index in [9.17, 15) is 22.8 Å². The van der Waals surface area contributed by atoms with Gasteiger partial charge in [0.15, 0.2) is 0 Å². The fourth-order valence-electron chi connectivity index (χ4n) is 3.31. The number of ether oxygens (including phenoxy) is 1. The number of carbonyl (C=O) groups is 2. The minimum atomic E-state index is -4.96. The average Bonchev–Trinajstić information content (AvgIpc) is 2.77. The van der Waals surface area contributed by atoms with Gasteiger partial charge >= 0.3 is 12.2 Å². The van der Waals surface area contributed by atoms with Crippen LogP contribution in [0.5, 0.6) is 0 Å². The van der Waals surface area contributed by atoms with E-state index in [4.69, 9.17) is 10.1 Å². The third-order valence-corrected chi connectivity index (χ3v) is 5.03. The molecule has 1 fully saturated rings. The molecule has 0 bridgehead atoms. The Kier molecular flexibility index (Phi) is 9.76. The first-order valence-electron chi connectivity index (χ1n) is 10.6. The number of likely N-dealkylation sites (tertiary alicyclic amines) is 1. The first kappa shape index (κ1) is 25.4. The Labute approximate surface area is 185 Å². The molecule has 32 heavy (non-hydrogen) atoms. The second kappa shape index (κ2) is 12.3. The number of amides is 3. The Bertz CT molecular complexity index is 769. The Morgan fingerprint density at radius 2 is 1.94 bits per heavy atom. The molecular formula is C21H30F3N5O3. The van der Waals surface area contributed by atoms with Crippen LogP contribution in [0.2, 0.25) is 0 Å². The zero-order chi connectivity index (χ0) is 23.6. The van der Waals surface area contributed by atoms with Gasteiger partial charge in [0.25, 0.3) is 5.91 Å². The van der Waals surface area contributed by atoms with E-state index in [0.717, 1.165) is 25.5 Å². The number of piperidine rings is 1. The van der Waals surface area contributed by atoms with Crippen molar-refractivity contribution in [2.45, 2.75) is 44.9 Å². The number of alkyl halides is 3. The summed E-state index contributed by atoms with van der Waals surface area (Å²) in [6.45, 7) is 3.62. The molecule has 2 aliphatic rings. The summed E-state index contributed by atoms with van der Waals surface area (Å²) in [7, 11) is 0. The second-order valence-corrected chi connectivity index (χ2v) is 7.36. The normalized spacial score (nSPS) is 17.6. The highest BCUT2D eigenvalue weighted by Crippen LogP contribution is 2.21. The molecule has 0 atom stereocenters. The van der Waals surface area contributed by atoms with Crippen molar-refractivity contribution in [3.8, 4) is 0 Å². The fourth-order valence-corrected chi connectivity index (χ4v) is 3.31. The van der Waals surface area contributed by atoms with E-state index in [2.05, 4.69) is 16.0 Å². The van der Waals surface area contributed by atoms with Crippen LogP contribution in [-0.4, -0.2) is 67.6 Å². The van der Waals surface area contributed by atoms with Crippen molar-refractivity contribution in [1.82, 2.24) is 20.9 Å². The van der Waals surface area contributed by atoms with E-state index >= 15 is 0 Å². The highest BCUT2D eigenvalue weighted by atomic mass is 19.4. The van der Waals surface area contributed by atoms with Crippen LogP contribution in [0, 0.1) is 5.41 Å². The van der Waals surface area contributed by atoms with Crippen LogP contribution in [-0.2, 0) is 9.53 Å². The molecular weight excluding hydrogens is 427 g/mol. The Balaban J connectivity index is 1.83. The van der Waals surface area contributed by atoms with Crippen LogP contribution in [0.1, 0.15) is 32.6 Å². The van der Waals surface area contributed by atoms with Gasteiger partial charge in [-0.25, -0.2) is 4.79 Å². The summed E-state index contributed by atoms with van der Waals surface area (Å²) in [6, 6.07) is -0.299. The standard InChI is InChI=1S/C21H30F3N5O3/c1-2-32-16-8-12-29(13-9-16)20(31)27-11-10-26-19(30)17(18(25)21(22,23)24)14-28-15-6-4-3-5-7-15/h3-4,6,14,16,25,28H,2,5,7-13H2,1H3,(H,26,30)(H,27,31)/b17-14+,25-18?. The summed E-state index contributed by atoms with van der Waals surface area (Å²) in [5.74, 6) is -1.04. The van der Waals surface area contributed by atoms with Gasteiger partial charge in [-0.15, -0.1) is 0 Å². The van der Waals surface area contributed by atoms with E-state index in [1.807, 2.05) is 13.0 Å². The van der Waals surface area contributed by atoms with Crippen LogP contribution < -0.4 is 16.0 Å². The third kappa shape index (κ3) is 8.03. The van der Waals surface area contributed by atoms with Crippen LogP contribution in [0.3, 0.4) is 0 Å². The van der Waals surface area contributed by atoms with Crippen LogP contribution in [0.4, 0.5) is 18.0 Å². The predicted molar refractivity (Wildman–Crippen MR) is 114 cm³/mol. The number of allylic oxidation sites excluding steroid dienone is 4. The van der Waals surface area contributed by atoms with Gasteiger partial charge in [-0.1, -0.05) is 12.2 Å². The van der Waals surface area contributed by atoms with Crippen molar-refractivity contribution in [3.63, 3.8) is 0 Å². The maximum Gasteiger partial charge on any atom is 0.433 e. The van der Waals surface area contributed by atoms with Gasteiger partial charge in [0.1, 0.15) is 5.71 Å². The summed E-state index contributed by atoms with van der Waals surface area (Å²) in [5, 5.41) is 15.0. The summed E-state index contributed by atoms with van der Waals surface area (Å²) in [6.07, 6.45) is 4.25. The van der Waals surface area contributed by atoms with Crippen LogP contribution in [0.25, 0.3) is 0 Å². The SMILES string of the molecule is CCOC1CCN(C(=O)NCCNC(=O)/C(=C/NC2=CC=CCC2)C(=N)C(F)(F)F)CC1. The lowest BCUT2D eigenvalue weighted by atomic mass is 10.1. The maximum absolute atomic E-state index is 13.0. The molecule has 0 aromatic heterocycles. The quantitative estimate of drug-likeness (QED) is 0.243. The monoisotopic (exact) mass is 457 g/mol. The molecule has 3 amide bonds. The van der Waals surface area contributed by atoms with Gasteiger partial charge in [-0.05, 0) is 38.7 Å². The largest absolute Gasteiger partial charge is 0.433 e. The summed E-state index contributed by atoms with van der Waals surface area (Å²) in [5.41, 5.74) is -1.92. The minimum Gasteiger partial charge on any atom is -0.378 e. The lowest BCUT2D eigenvalue weighted by Crippen LogP contribution is -2.47. The van der Waals surface area contributed by atoms with Gasteiger partial charge in [0.2, 0.25) is 0 Å². The Morgan fingerprint density at radius 1 is 1.25 bits per heavy atom. The number of carbonyl (C=O) groups excluding carboxylic acids is 2. The molecule has 1 saturated heterocycles. The van der Waals surface area contributed by atoms with Crippen molar-refractivity contribution in [2.75, 3.05) is 32.8 Å². The number of hydrogen-bond acceptors (Lipinski definition) is 5. The zero-order valence-electron chi connectivity index (χ0n) is 18.1. The second-order valence-electron chi connectivity index (χ2n) is 7.36. The van der Waals surface area contributed by atoms with E-state index in [1.54, 1.807) is 17.1 Å². The van der Waals surface area contributed by atoms with Gasteiger partial charge in [0, 0.05) is 44.7 Å². The molecule has 4 N–H and O–H groups in total. The minimum absolute atomic E-state index is 0.0476. The topological polar surface area (TPSA) is 107 Å². The van der Waals surface area contributed by atoms with Gasteiger partial charge in [-0.2, -0.15) is 13.2 Å². The highest BCUT2D eigenvalue weighted by molar-refractivity contribution is 6.22. The molecule has 1 aliphatic heterocycles. The molecule has 1 heterocycles. The summed E-state index contributed by atoms with van der Waals surface area (Å²) in [4.78, 5) is 26.2. The predicted octanol–water partition coefficient (Wildman–Crippen LogP) is 2.60. The van der Waals surface area contributed by atoms with Crippen molar-refractivity contribution in [3.05, 3.63) is 35.7 Å². The van der Waals surface area contributed by atoms with E-state index in [1.165, 1.54) is 0 Å². The molecule has 2 rings (SSSR count). The maximum atomic E-state index is 13.0. The number of hydrogen-bond donors (Lipinski definition) is 4. The third-order valence-electron chi connectivity index (χ3n) is 5.03. The van der Waals surface area contributed by atoms with Gasteiger partial charge < -0.3 is 25.6 Å². The molecule has 178 valence electrons. The molecule has 0 unspecified atom stereocenters.